The predicted octanol–water partition coefficient (Wildman–Crippen LogP) is -0.712. The molecule has 1 amide bonds. The van der Waals surface area contributed by atoms with Crippen LogP contribution in [0.2, 0.25) is 6.82 Å². The van der Waals surface area contributed by atoms with Crippen molar-refractivity contribution >= 4 is 38.0 Å². The molecule has 1 N–H and O–H groups in total. The Labute approximate surface area is 78.1 Å². The van der Waals surface area contributed by atoms with Crippen LogP contribution in [-0.2, 0) is 0 Å². The Morgan fingerprint density at radius 2 is 2.33 bits per heavy atom. The largest absolute Gasteiger partial charge is 0.432 e. The van der Waals surface area contributed by atoms with E-state index >= 15 is 0 Å². The molecule has 0 spiro atoms. The van der Waals surface area contributed by atoms with Crippen LogP contribution in [0.15, 0.2) is 0 Å². The van der Waals surface area contributed by atoms with Crippen LogP contribution in [0.1, 0.15) is 0 Å². The topological polar surface area (TPSA) is 43.8 Å². The number of hydrogen-bond acceptors (Lipinski definition) is 3. The fourth-order valence-corrected chi connectivity index (χ4v) is 1.53. The molecule has 0 unspecified atom stereocenters. The van der Waals surface area contributed by atoms with Crippen molar-refractivity contribution in [3.05, 3.63) is 0 Å². The van der Waals surface area contributed by atoms with Crippen molar-refractivity contribution in [2.24, 2.45) is 0 Å². The fourth-order valence-electron chi connectivity index (χ4n) is 1.11. The minimum absolute atomic E-state index is 0.303. The zero-order valence-corrected chi connectivity index (χ0v) is 7.54. The minimum Gasteiger partial charge on any atom is -0.432 e. The highest BCUT2D eigenvalue weighted by molar-refractivity contribution is 7.80. The molecule has 0 saturated carbocycles. The summed E-state index contributed by atoms with van der Waals surface area (Å²) >= 11 is 4.91. The lowest BCUT2D eigenvalue weighted by Crippen LogP contribution is -2.42. The first-order chi connectivity index (χ1) is 5.54. The maximum absolute atomic E-state index is 10.7. The molecule has 0 aromatic heterocycles. The number of amides is 1. The highest BCUT2D eigenvalue weighted by Crippen LogP contribution is 2.09. The van der Waals surface area contributed by atoms with Crippen LogP contribution < -0.4 is 0 Å². The Hall–Kier alpha value is -0.550. The van der Waals surface area contributed by atoms with Gasteiger partial charge in [0.1, 0.15) is 0 Å². The minimum atomic E-state index is -0.665. The summed E-state index contributed by atoms with van der Waals surface area (Å²) in [5.74, 6) is -0.567. The van der Waals surface area contributed by atoms with Gasteiger partial charge in [0.05, 0.1) is 0 Å². The van der Waals surface area contributed by atoms with Crippen LogP contribution in [0.25, 0.3) is 0 Å². The summed E-state index contributed by atoms with van der Waals surface area (Å²) < 4.78 is 0. The van der Waals surface area contributed by atoms with E-state index in [-0.39, 0.29) is 0 Å². The normalized spacial score (nSPS) is 17.0. The molecule has 7 heteroatoms. The van der Waals surface area contributed by atoms with E-state index in [0.717, 1.165) is 0 Å². The second-order valence-electron chi connectivity index (χ2n) is 2.60. The number of carbonyl (C=O) groups is 1. The second-order valence-corrected chi connectivity index (χ2v) is 2.96. The summed E-state index contributed by atoms with van der Waals surface area (Å²) in [7, 11) is 4.38. The first kappa shape index (κ1) is 9.54. The van der Waals surface area contributed by atoms with E-state index in [1.54, 1.807) is 11.6 Å². The van der Waals surface area contributed by atoms with E-state index < -0.39 is 12.9 Å². The summed E-state index contributed by atoms with van der Waals surface area (Å²) in [6.45, 7) is 2.59. The average molecular weight is 182 g/mol. The third kappa shape index (κ3) is 1.61. The lowest BCUT2D eigenvalue weighted by atomic mass is 9.86. The maximum atomic E-state index is 10.7. The van der Waals surface area contributed by atoms with Crippen molar-refractivity contribution in [1.29, 1.82) is 0 Å². The summed E-state index contributed by atoms with van der Waals surface area (Å²) in [6.07, 6.45) is 0. The third-order valence-corrected chi connectivity index (χ3v) is 2.21. The molecule has 1 heterocycles. The van der Waals surface area contributed by atoms with Gasteiger partial charge in [0.25, 0.3) is 0 Å². The Morgan fingerprint density at radius 1 is 1.75 bits per heavy atom. The lowest BCUT2D eigenvalue weighted by molar-refractivity contribution is 0.246. The van der Waals surface area contributed by atoms with Gasteiger partial charge in [-0.2, -0.15) is 0 Å². The van der Waals surface area contributed by atoms with E-state index in [0.29, 0.717) is 18.2 Å². The molecular weight excluding hydrogens is 174 g/mol. The van der Waals surface area contributed by atoms with Gasteiger partial charge in [-0.3, -0.25) is 9.69 Å². The van der Waals surface area contributed by atoms with E-state index in [1.165, 1.54) is 4.90 Å². The molecule has 1 fully saturated rings. The van der Waals surface area contributed by atoms with E-state index in [1.807, 2.05) is 0 Å². The summed E-state index contributed by atoms with van der Waals surface area (Å²) in [5.41, 5.74) is 0. The number of thiocarbonyl (C=S) groups is 1. The molecular formula is C5H8B2N2O2S. The van der Waals surface area contributed by atoms with Crippen LogP contribution >= 0.6 is 12.2 Å². The molecule has 0 atom stereocenters. The zero-order chi connectivity index (χ0) is 9.30. The fraction of sp³-hybridized carbons (Fsp3) is 0.600. The Kier molecular flexibility index (Phi) is 2.74. The van der Waals surface area contributed by atoms with Gasteiger partial charge in [-0.05, 0) is 19.0 Å². The highest BCUT2D eigenvalue weighted by Gasteiger charge is 2.31. The molecule has 12 heavy (non-hydrogen) atoms. The first-order valence-corrected chi connectivity index (χ1v) is 4.00. The Bertz CT molecular complexity index is 223. The highest BCUT2D eigenvalue weighted by atomic mass is 32.1. The molecule has 1 aliphatic heterocycles. The van der Waals surface area contributed by atoms with E-state index in [2.05, 4.69) is 0 Å². The summed E-state index contributed by atoms with van der Waals surface area (Å²) in [6, 6.07) is 0. The van der Waals surface area contributed by atoms with E-state index in [4.69, 9.17) is 20.1 Å². The maximum Gasteiger partial charge on any atom is 0.411 e. The third-order valence-electron chi connectivity index (χ3n) is 1.76. The Balaban J connectivity index is 2.67. The van der Waals surface area contributed by atoms with Crippen molar-refractivity contribution in [3.8, 4) is 0 Å². The van der Waals surface area contributed by atoms with Gasteiger partial charge in [-0.1, -0.05) is 0 Å². The molecule has 1 saturated heterocycles. The standard InChI is InChI=1S/C5H8B2N2O2S/c1-7(11)9-3-2-8(4(6)10)5(9)12/h11H,2-3H2,1H3. The molecule has 2 radical (unpaired) electrons. The molecule has 0 bridgehead atoms. The number of nitrogens with zero attached hydrogens (tertiary/aromatic N) is 2. The molecule has 0 aromatic rings. The van der Waals surface area contributed by atoms with Crippen molar-refractivity contribution in [1.82, 2.24) is 9.71 Å². The molecule has 0 aromatic carbocycles. The van der Waals surface area contributed by atoms with E-state index in [9.17, 15) is 9.82 Å². The smallest absolute Gasteiger partial charge is 0.411 e. The number of hydrogen-bond donors (Lipinski definition) is 1. The zero-order valence-electron chi connectivity index (χ0n) is 6.73. The predicted molar refractivity (Wildman–Crippen MR) is 51.0 cm³/mol. The average Bonchev–Trinajstić information content (AvgIpc) is 2.30. The van der Waals surface area contributed by atoms with Crippen molar-refractivity contribution < 1.29 is 9.82 Å². The van der Waals surface area contributed by atoms with Crippen molar-refractivity contribution in [2.75, 3.05) is 13.1 Å². The van der Waals surface area contributed by atoms with Gasteiger partial charge < -0.3 is 9.83 Å². The van der Waals surface area contributed by atoms with Gasteiger partial charge in [0.15, 0.2) is 10.9 Å². The first-order valence-electron chi connectivity index (χ1n) is 3.59. The quantitative estimate of drug-likeness (QED) is 0.429. The van der Waals surface area contributed by atoms with Crippen molar-refractivity contribution in [3.63, 3.8) is 0 Å². The Morgan fingerprint density at radius 3 is 2.58 bits per heavy atom. The molecule has 4 nitrogen and oxygen atoms in total. The van der Waals surface area contributed by atoms with Gasteiger partial charge in [0, 0.05) is 13.1 Å². The second kappa shape index (κ2) is 3.45. The van der Waals surface area contributed by atoms with Gasteiger partial charge >= 0.3 is 7.05 Å². The molecule has 1 rings (SSSR count). The number of rotatable bonds is 1. The van der Waals surface area contributed by atoms with Crippen LogP contribution in [0.5, 0.6) is 0 Å². The van der Waals surface area contributed by atoms with Crippen LogP contribution in [0, 0.1) is 0 Å². The SMILES string of the molecule is [B]C(=O)N1CCN(B(C)O)C1=S. The lowest BCUT2D eigenvalue weighted by Gasteiger charge is -2.20. The van der Waals surface area contributed by atoms with Gasteiger partial charge in [0.2, 0.25) is 7.85 Å². The van der Waals surface area contributed by atoms with Crippen LogP contribution in [0.4, 0.5) is 4.79 Å². The molecule has 62 valence electrons. The molecule has 0 aliphatic carbocycles. The van der Waals surface area contributed by atoms with Crippen LogP contribution in [-0.4, -0.2) is 53.6 Å². The summed E-state index contributed by atoms with van der Waals surface area (Å²) in [4.78, 5) is 13.5. The van der Waals surface area contributed by atoms with Gasteiger partial charge in [-0.25, -0.2) is 0 Å². The summed E-state index contributed by atoms with van der Waals surface area (Å²) in [5, 5.41) is 9.48. The number of carbonyl (C=O) groups excluding carboxylic acids is 1. The molecule has 1 aliphatic rings. The van der Waals surface area contributed by atoms with Crippen LogP contribution in [0.3, 0.4) is 0 Å². The monoisotopic (exact) mass is 182 g/mol. The van der Waals surface area contributed by atoms with Gasteiger partial charge in [-0.15, -0.1) is 0 Å². The van der Waals surface area contributed by atoms with Crippen molar-refractivity contribution in [2.45, 2.75) is 6.82 Å².